The molecule has 2 aromatic rings. The third-order valence-corrected chi connectivity index (χ3v) is 9.93. The van der Waals surface area contributed by atoms with Crippen molar-refractivity contribution >= 4 is 5.97 Å². The number of carbonyl (C=O) groups is 1. The average Bonchev–Trinajstić information content (AvgIpc) is 3.72. The van der Waals surface area contributed by atoms with Gasteiger partial charge in [-0.1, -0.05) is 19.1 Å². The number of halogens is 4. The van der Waals surface area contributed by atoms with Gasteiger partial charge in [0.05, 0.1) is 5.92 Å². The van der Waals surface area contributed by atoms with Crippen molar-refractivity contribution in [2.24, 2.45) is 17.3 Å². The van der Waals surface area contributed by atoms with E-state index >= 15 is 0 Å². The lowest BCUT2D eigenvalue weighted by Crippen LogP contribution is -2.63. The lowest BCUT2D eigenvalue weighted by molar-refractivity contribution is -0.275. The molecule has 216 valence electrons. The van der Waals surface area contributed by atoms with Crippen LogP contribution in [0.15, 0.2) is 36.4 Å². The van der Waals surface area contributed by atoms with E-state index in [1.807, 2.05) is 6.92 Å². The Hall–Kier alpha value is -2.81. The maximum absolute atomic E-state index is 14.0. The van der Waals surface area contributed by atoms with Gasteiger partial charge in [-0.25, -0.2) is 4.39 Å². The number of rotatable bonds is 8. The van der Waals surface area contributed by atoms with Gasteiger partial charge in [-0.05, 0) is 106 Å². The Balaban J connectivity index is 1.16. The first-order valence-electron chi connectivity index (χ1n) is 14.3. The molecule has 5 nitrogen and oxygen atoms in total. The zero-order chi connectivity index (χ0) is 28.4. The van der Waals surface area contributed by atoms with Gasteiger partial charge in [0.25, 0.3) is 0 Å². The molecule has 0 amide bonds. The van der Waals surface area contributed by atoms with E-state index in [2.05, 4.69) is 27.8 Å². The Morgan fingerprint density at radius 2 is 1.88 bits per heavy atom. The summed E-state index contributed by atoms with van der Waals surface area (Å²) in [6.45, 7) is 4.28. The molecule has 3 heterocycles. The smallest absolute Gasteiger partial charge is 0.490 e. The van der Waals surface area contributed by atoms with Crippen LogP contribution in [-0.2, 0) is 11.2 Å². The second-order valence-electron chi connectivity index (χ2n) is 12.3. The number of fused-ring (bicyclic) bond motifs is 3. The molecule has 4 atom stereocenters. The number of carboxylic acids is 1. The molecule has 2 unspecified atom stereocenters. The minimum absolute atomic E-state index is 0.00602. The standard InChI is InChI=1S/C31H35F4NO4/c1-17(29(37)38)28(20-4-5-20)21-6-3-19-7-10-27(39-26(19)13-21)30-11-12-36(23(15-30)16-30)18(2)24-14-22(32)8-9-25(24)40-31(33,34)35/h3,6,8-9,13-14,17-18,20,23,27-28H,4-5,7,10-12,15-16H2,1-2H3,(H,37,38)/t17-,18-,23?,27?,28?,30?/m0/s1. The Kier molecular flexibility index (Phi) is 6.79. The van der Waals surface area contributed by atoms with E-state index in [0.29, 0.717) is 12.5 Å². The van der Waals surface area contributed by atoms with Gasteiger partial charge in [0.1, 0.15) is 23.4 Å². The number of hydrogen-bond acceptors (Lipinski definition) is 4. The van der Waals surface area contributed by atoms with Crippen LogP contribution in [0.5, 0.6) is 11.5 Å². The molecule has 0 radical (unpaired) electrons. The van der Waals surface area contributed by atoms with E-state index in [1.54, 1.807) is 6.92 Å². The van der Waals surface area contributed by atoms with E-state index in [0.717, 1.165) is 80.0 Å². The van der Waals surface area contributed by atoms with Crippen LogP contribution in [0, 0.1) is 23.1 Å². The van der Waals surface area contributed by atoms with Crippen molar-refractivity contribution < 1.29 is 36.9 Å². The van der Waals surface area contributed by atoms with Crippen molar-refractivity contribution in [2.45, 2.75) is 89.3 Å². The first kappa shape index (κ1) is 27.4. The number of hydrogen-bond donors (Lipinski definition) is 1. The number of nitrogens with zero attached hydrogens (tertiary/aromatic N) is 1. The number of benzene rings is 2. The number of aliphatic carboxylic acids is 1. The number of aryl methyl sites for hydroxylation is 1. The van der Waals surface area contributed by atoms with Crippen molar-refractivity contribution in [3.63, 3.8) is 0 Å². The number of ether oxygens (including phenoxy) is 2. The summed E-state index contributed by atoms with van der Waals surface area (Å²) in [5.41, 5.74) is 2.40. The van der Waals surface area contributed by atoms with Gasteiger partial charge in [0.2, 0.25) is 0 Å². The van der Waals surface area contributed by atoms with Crippen molar-refractivity contribution in [1.82, 2.24) is 4.90 Å². The van der Waals surface area contributed by atoms with Gasteiger partial charge in [-0.2, -0.15) is 0 Å². The van der Waals surface area contributed by atoms with Gasteiger partial charge < -0.3 is 14.6 Å². The highest BCUT2D eigenvalue weighted by atomic mass is 19.4. The molecular formula is C31H35F4NO4. The number of piperidine rings is 2. The van der Waals surface area contributed by atoms with Crippen LogP contribution < -0.4 is 9.47 Å². The van der Waals surface area contributed by atoms with E-state index in [1.165, 1.54) is 0 Å². The van der Waals surface area contributed by atoms with Crippen LogP contribution in [0.1, 0.15) is 81.0 Å². The zero-order valence-electron chi connectivity index (χ0n) is 22.7. The molecule has 2 aliphatic carbocycles. The third-order valence-electron chi connectivity index (χ3n) is 9.93. The summed E-state index contributed by atoms with van der Waals surface area (Å²) in [5.74, 6) is -0.933. The highest BCUT2D eigenvalue weighted by Crippen LogP contribution is 2.58. The summed E-state index contributed by atoms with van der Waals surface area (Å²) < 4.78 is 63.9. The minimum Gasteiger partial charge on any atom is -0.490 e. The van der Waals surface area contributed by atoms with Crippen LogP contribution in [-0.4, -0.2) is 41.0 Å². The summed E-state index contributed by atoms with van der Waals surface area (Å²) >= 11 is 0. The normalized spacial score (nSPS) is 28.4. The molecule has 0 spiro atoms. The Bertz CT molecular complexity index is 1280. The molecule has 7 rings (SSSR count). The van der Waals surface area contributed by atoms with Crippen LogP contribution in [0.3, 0.4) is 0 Å². The molecular weight excluding hydrogens is 526 g/mol. The molecule has 3 aliphatic heterocycles. The van der Waals surface area contributed by atoms with Crippen molar-refractivity contribution in [1.29, 1.82) is 0 Å². The first-order chi connectivity index (χ1) is 18.9. The fraction of sp³-hybridized carbons (Fsp3) is 0.581. The lowest BCUT2D eigenvalue weighted by atomic mass is 9.56. The van der Waals surface area contributed by atoms with Crippen molar-refractivity contribution in [3.8, 4) is 11.5 Å². The SMILES string of the molecule is C[C@H](C(=O)O)C(c1ccc2c(c1)OC(C13CCN([C@@H](C)c4cc(F)ccc4OC(F)(F)F)C(C1)C3)CC2)C1CC1. The Morgan fingerprint density at radius 1 is 1.12 bits per heavy atom. The predicted octanol–water partition coefficient (Wildman–Crippen LogP) is 7.25. The molecule has 9 heteroatoms. The van der Waals surface area contributed by atoms with E-state index in [-0.39, 0.29) is 34.8 Å². The van der Waals surface area contributed by atoms with Crippen LogP contribution >= 0.6 is 0 Å². The summed E-state index contributed by atoms with van der Waals surface area (Å²) in [4.78, 5) is 14.0. The molecule has 1 N–H and O–H groups in total. The number of carboxylic acid groups (broad SMARTS) is 1. The summed E-state index contributed by atoms with van der Waals surface area (Å²) in [6.07, 6.45) is 1.71. The topological polar surface area (TPSA) is 59.0 Å². The highest BCUT2D eigenvalue weighted by molar-refractivity contribution is 5.71. The van der Waals surface area contributed by atoms with Crippen molar-refractivity contribution in [3.05, 3.63) is 58.9 Å². The van der Waals surface area contributed by atoms with Gasteiger partial charge in [0, 0.05) is 23.1 Å². The molecule has 0 aromatic heterocycles. The average molecular weight is 562 g/mol. The third kappa shape index (κ3) is 5.06. The predicted molar refractivity (Wildman–Crippen MR) is 140 cm³/mol. The summed E-state index contributed by atoms with van der Waals surface area (Å²) in [5, 5.41) is 9.68. The molecule has 2 aromatic carbocycles. The van der Waals surface area contributed by atoms with Crippen molar-refractivity contribution in [2.75, 3.05) is 6.54 Å². The Morgan fingerprint density at radius 3 is 2.50 bits per heavy atom. The Labute approximate surface area is 231 Å². The number of alkyl halides is 3. The second-order valence-corrected chi connectivity index (χ2v) is 12.3. The zero-order valence-corrected chi connectivity index (χ0v) is 22.7. The van der Waals surface area contributed by atoms with Gasteiger partial charge in [-0.3, -0.25) is 9.69 Å². The minimum atomic E-state index is -4.85. The largest absolute Gasteiger partial charge is 0.573 e. The molecule has 40 heavy (non-hydrogen) atoms. The van der Waals surface area contributed by atoms with Crippen LogP contribution in [0.4, 0.5) is 17.6 Å². The maximum Gasteiger partial charge on any atom is 0.573 e. The highest BCUT2D eigenvalue weighted by Gasteiger charge is 2.57. The fourth-order valence-electron chi connectivity index (χ4n) is 7.63. The van der Waals surface area contributed by atoms with Gasteiger partial charge in [0.15, 0.2) is 0 Å². The molecule has 2 saturated heterocycles. The summed E-state index contributed by atoms with van der Waals surface area (Å²) in [7, 11) is 0. The molecule has 4 fully saturated rings. The van der Waals surface area contributed by atoms with E-state index < -0.39 is 30.1 Å². The fourth-order valence-corrected chi connectivity index (χ4v) is 7.63. The van der Waals surface area contributed by atoms with E-state index in [9.17, 15) is 27.5 Å². The quantitative estimate of drug-likeness (QED) is 0.344. The van der Waals surface area contributed by atoms with Gasteiger partial charge >= 0.3 is 12.3 Å². The molecule has 2 saturated carbocycles. The molecule has 2 bridgehead atoms. The van der Waals surface area contributed by atoms with Crippen LogP contribution in [0.25, 0.3) is 0 Å². The lowest BCUT2D eigenvalue weighted by Gasteiger charge is -2.62. The molecule has 5 aliphatic rings. The van der Waals surface area contributed by atoms with E-state index in [4.69, 9.17) is 4.74 Å². The second kappa shape index (κ2) is 9.93. The first-order valence-corrected chi connectivity index (χ1v) is 14.3. The van der Waals surface area contributed by atoms with Crippen LogP contribution in [0.2, 0.25) is 0 Å². The maximum atomic E-state index is 14.0. The van der Waals surface area contributed by atoms with Gasteiger partial charge in [-0.15, -0.1) is 13.2 Å². The summed E-state index contributed by atoms with van der Waals surface area (Å²) in [6, 6.07) is 9.17. The monoisotopic (exact) mass is 561 g/mol.